The maximum Gasteiger partial charge on any atom is 0.416 e. The van der Waals surface area contributed by atoms with Gasteiger partial charge in [-0.05, 0) is 35.1 Å². The molecular weight excluding hydrogens is 355 g/mol. The molecule has 0 saturated carbocycles. The Bertz CT molecular complexity index is 811. The van der Waals surface area contributed by atoms with Crippen LogP contribution in [0.3, 0.4) is 0 Å². The van der Waals surface area contributed by atoms with Crippen LogP contribution in [-0.4, -0.2) is 11.7 Å². The van der Waals surface area contributed by atoms with Gasteiger partial charge in [0.05, 0.1) is 5.56 Å². The van der Waals surface area contributed by atoms with Gasteiger partial charge in [-0.1, -0.05) is 58.0 Å². The number of amides is 1. The van der Waals surface area contributed by atoms with Crippen LogP contribution in [0, 0.1) is 0 Å². The van der Waals surface area contributed by atoms with Gasteiger partial charge in [0.25, 0.3) is 11.7 Å². The fourth-order valence-electron chi connectivity index (χ4n) is 2.81. The number of carbonyl (C=O) groups is 2. The molecule has 0 unspecified atom stereocenters. The van der Waals surface area contributed by atoms with Gasteiger partial charge in [-0.2, -0.15) is 13.2 Å². The molecule has 27 heavy (non-hydrogen) atoms. The lowest BCUT2D eigenvalue weighted by molar-refractivity contribution is -0.137. The first-order valence-corrected chi connectivity index (χ1v) is 8.68. The largest absolute Gasteiger partial charge is 0.416 e. The Kier molecular flexibility index (Phi) is 6.08. The molecule has 0 spiro atoms. The van der Waals surface area contributed by atoms with Crippen LogP contribution >= 0.6 is 0 Å². The number of ketones is 1. The van der Waals surface area contributed by atoms with E-state index >= 15 is 0 Å². The normalized spacial score (nSPS) is 11.7. The van der Waals surface area contributed by atoms with Gasteiger partial charge in [-0.3, -0.25) is 9.59 Å². The van der Waals surface area contributed by atoms with Crippen molar-refractivity contribution in [3.8, 4) is 0 Å². The molecule has 2 aromatic rings. The summed E-state index contributed by atoms with van der Waals surface area (Å²) in [7, 11) is 0. The fourth-order valence-corrected chi connectivity index (χ4v) is 2.81. The van der Waals surface area contributed by atoms with E-state index in [1.165, 1.54) is 0 Å². The third-order valence-corrected chi connectivity index (χ3v) is 4.29. The van der Waals surface area contributed by atoms with E-state index in [4.69, 9.17) is 0 Å². The smallest absolute Gasteiger partial charge is 0.319 e. The van der Waals surface area contributed by atoms with Crippen molar-refractivity contribution in [2.24, 2.45) is 0 Å². The molecule has 2 rings (SSSR count). The number of hydrogen-bond acceptors (Lipinski definition) is 2. The Balaban J connectivity index is 2.31. The molecule has 0 heterocycles. The van der Waals surface area contributed by atoms with Gasteiger partial charge in [0.1, 0.15) is 0 Å². The van der Waals surface area contributed by atoms with Gasteiger partial charge in [0.2, 0.25) is 0 Å². The topological polar surface area (TPSA) is 46.2 Å². The van der Waals surface area contributed by atoms with Crippen molar-refractivity contribution in [3.05, 3.63) is 64.7 Å². The van der Waals surface area contributed by atoms with Crippen molar-refractivity contribution in [3.63, 3.8) is 0 Å². The van der Waals surface area contributed by atoms with Crippen LogP contribution < -0.4 is 5.32 Å². The number of anilines is 1. The minimum atomic E-state index is -4.49. The molecule has 0 saturated heterocycles. The van der Waals surface area contributed by atoms with Crippen molar-refractivity contribution < 1.29 is 22.8 Å². The number of hydrogen-bond donors (Lipinski definition) is 1. The molecule has 0 radical (unpaired) electrons. The van der Waals surface area contributed by atoms with E-state index in [-0.39, 0.29) is 17.4 Å². The van der Waals surface area contributed by atoms with E-state index in [9.17, 15) is 22.8 Å². The van der Waals surface area contributed by atoms with Crippen LogP contribution in [0.5, 0.6) is 0 Å². The summed E-state index contributed by atoms with van der Waals surface area (Å²) in [6.07, 6.45) is -4.49. The minimum absolute atomic E-state index is 0.0892. The summed E-state index contributed by atoms with van der Waals surface area (Å²) in [4.78, 5) is 24.8. The highest BCUT2D eigenvalue weighted by molar-refractivity contribution is 6.46. The summed E-state index contributed by atoms with van der Waals surface area (Å²) in [6.45, 7) is 7.92. The Morgan fingerprint density at radius 1 is 0.852 bits per heavy atom. The number of nitrogens with one attached hydrogen (secondary N) is 1. The Hall–Kier alpha value is -2.63. The monoisotopic (exact) mass is 377 g/mol. The van der Waals surface area contributed by atoms with Gasteiger partial charge in [-0.25, -0.2) is 0 Å². The highest BCUT2D eigenvalue weighted by Crippen LogP contribution is 2.33. The van der Waals surface area contributed by atoms with E-state index in [0.29, 0.717) is 5.69 Å². The predicted octanol–water partition coefficient (Wildman–Crippen LogP) is 5.77. The molecule has 2 aromatic carbocycles. The molecule has 0 aliphatic rings. The van der Waals surface area contributed by atoms with E-state index in [0.717, 1.165) is 35.4 Å². The van der Waals surface area contributed by atoms with Crippen LogP contribution in [0.4, 0.5) is 18.9 Å². The number of benzene rings is 2. The van der Waals surface area contributed by atoms with Gasteiger partial charge < -0.3 is 5.32 Å². The van der Waals surface area contributed by atoms with Crippen LogP contribution in [0.1, 0.15) is 66.6 Å². The minimum Gasteiger partial charge on any atom is -0.319 e. The second-order valence-corrected chi connectivity index (χ2v) is 6.98. The van der Waals surface area contributed by atoms with Crippen molar-refractivity contribution in [1.29, 1.82) is 0 Å². The lowest BCUT2D eigenvalue weighted by atomic mass is 9.92. The second kappa shape index (κ2) is 7.94. The fraction of sp³-hybridized carbons (Fsp3) is 0.333. The molecule has 0 bridgehead atoms. The number of alkyl halides is 3. The Morgan fingerprint density at radius 3 is 1.74 bits per heavy atom. The van der Waals surface area contributed by atoms with Crippen LogP contribution in [-0.2, 0) is 11.0 Å². The zero-order valence-corrected chi connectivity index (χ0v) is 15.6. The molecule has 1 amide bonds. The molecule has 1 N–H and O–H groups in total. The third kappa shape index (κ3) is 4.76. The molecule has 0 aliphatic heterocycles. The van der Waals surface area contributed by atoms with Crippen LogP contribution in [0.15, 0.2) is 42.5 Å². The first-order valence-electron chi connectivity index (χ1n) is 8.68. The zero-order valence-electron chi connectivity index (χ0n) is 15.6. The van der Waals surface area contributed by atoms with Crippen molar-refractivity contribution >= 4 is 17.4 Å². The molecular formula is C21H22F3NO2. The summed E-state index contributed by atoms with van der Waals surface area (Å²) in [6, 6.07) is 9.29. The highest BCUT2D eigenvalue weighted by atomic mass is 19.4. The summed E-state index contributed by atoms with van der Waals surface area (Å²) in [5, 5.41) is 2.67. The van der Waals surface area contributed by atoms with Gasteiger partial charge in [-0.15, -0.1) is 0 Å². The second-order valence-electron chi connectivity index (χ2n) is 6.98. The maximum absolute atomic E-state index is 12.6. The summed E-state index contributed by atoms with van der Waals surface area (Å²) in [5.41, 5.74) is 1.43. The number of Topliss-reactive ketones (excluding diaryl/α,β-unsaturated/α-hetero) is 1. The van der Waals surface area contributed by atoms with Gasteiger partial charge >= 0.3 is 6.18 Å². The quantitative estimate of drug-likeness (QED) is 0.531. The summed E-state index contributed by atoms with van der Waals surface area (Å²) < 4.78 is 37.9. The van der Waals surface area contributed by atoms with Gasteiger partial charge in [0.15, 0.2) is 0 Å². The van der Waals surface area contributed by atoms with E-state index in [2.05, 4.69) is 5.32 Å². The van der Waals surface area contributed by atoms with E-state index in [1.54, 1.807) is 0 Å². The van der Waals surface area contributed by atoms with Crippen molar-refractivity contribution in [2.75, 3.05) is 5.32 Å². The van der Waals surface area contributed by atoms with Gasteiger partial charge in [0, 0.05) is 11.3 Å². The number of para-hydroxylation sites is 1. The molecule has 0 fully saturated rings. The first-order chi connectivity index (χ1) is 12.5. The van der Waals surface area contributed by atoms with Crippen LogP contribution in [0.25, 0.3) is 0 Å². The molecule has 0 atom stereocenters. The number of halogens is 3. The van der Waals surface area contributed by atoms with Crippen molar-refractivity contribution in [1.82, 2.24) is 0 Å². The SMILES string of the molecule is CC(C)c1cccc(C(C)C)c1NC(=O)C(=O)c1ccc(C(F)(F)F)cc1. The molecule has 6 heteroatoms. The van der Waals surface area contributed by atoms with Crippen molar-refractivity contribution in [2.45, 2.75) is 45.7 Å². The lowest BCUT2D eigenvalue weighted by Crippen LogP contribution is -2.24. The Labute approximate surface area is 156 Å². The van der Waals surface area contributed by atoms with Crippen LogP contribution in [0.2, 0.25) is 0 Å². The summed E-state index contributed by atoms with van der Waals surface area (Å²) >= 11 is 0. The molecule has 3 nitrogen and oxygen atoms in total. The standard InChI is InChI=1S/C21H22F3NO2/c1-12(2)16-6-5-7-17(13(3)4)18(16)25-20(27)19(26)14-8-10-15(11-9-14)21(22,23)24/h5-13H,1-4H3,(H,25,27). The average Bonchev–Trinajstić information content (AvgIpc) is 2.60. The first kappa shape index (κ1) is 20.7. The number of carbonyl (C=O) groups excluding carboxylic acids is 2. The molecule has 144 valence electrons. The number of rotatable bonds is 5. The third-order valence-electron chi connectivity index (χ3n) is 4.29. The maximum atomic E-state index is 12.6. The Morgan fingerprint density at radius 2 is 1.33 bits per heavy atom. The van der Waals surface area contributed by atoms with E-state index < -0.39 is 23.4 Å². The lowest BCUT2D eigenvalue weighted by Gasteiger charge is -2.20. The average molecular weight is 377 g/mol. The summed E-state index contributed by atoms with van der Waals surface area (Å²) in [5.74, 6) is -1.50. The van der Waals surface area contributed by atoms with E-state index in [1.807, 2.05) is 45.9 Å². The zero-order chi connectivity index (χ0) is 20.4. The molecule has 0 aliphatic carbocycles. The highest BCUT2D eigenvalue weighted by Gasteiger charge is 2.30. The predicted molar refractivity (Wildman–Crippen MR) is 99.0 cm³/mol. The molecule has 0 aromatic heterocycles.